The first-order chi connectivity index (χ1) is 8.79. The van der Waals surface area contributed by atoms with Crippen molar-refractivity contribution >= 4 is 16.8 Å². The van der Waals surface area contributed by atoms with Crippen molar-refractivity contribution in [2.75, 3.05) is 13.1 Å². The van der Waals surface area contributed by atoms with Crippen molar-refractivity contribution in [1.82, 2.24) is 14.7 Å². The molecule has 92 valence electrons. The smallest absolute Gasteiger partial charge is 0.246 e. The summed E-state index contributed by atoms with van der Waals surface area (Å²) in [7, 11) is 0. The van der Waals surface area contributed by atoms with Crippen LogP contribution < -0.4 is 0 Å². The zero-order valence-corrected chi connectivity index (χ0v) is 10.1. The number of rotatable bonds is 2. The Morgan fingerprint density at radius 2 is 2.28 bits per heavy atom. The molecule has 0 radical (unpaired) electrons. The molecule has 4 nitrogen and oxygen atoms in total. The number of hydrogen-bond acceptors (Lipinski definition) is 2. The Morgan fingerprint density at radius 1 is 1.44 bits per heavy atom. The van der Waals surface area contributed by atoms with E-state index < -0.39 is 0 Å². The van der Waals surface area contributed by atoms with E-state index in [2.05, 4.69) is 23.8 Å². The molecule has 1 fully saturated rings. The topological polar surface area (TPSA) is 38.1 Å². The zero-order chi connectivity index (χ0) is 12.5. The lowest BCUT2D eigenvalue weighted by molar-refractivity contribution is -0.125. The number of nitrogens with zero attached hydrogens (tertiary/aromatic N) is 3. The van der Waals surface area contributed by atoms with Crippen LogP contribution in [-0.4, -0.2) is 33.7 Å². The van der Waals surface area contributed by atoms with Gasteiger partial charge in [-0.3, -0.25) is 9.48 Å². The van der Waals surface area contributed by atoms with Crippen LogP contribution in [0.1, 0.15) is 12.5 Å². The van der Waals surface area contributed by atoms with Gasteiger partial charge in [-0.2, -0.15) is 5.10 Å². The third-order valence-corrected chi connectivity index (χ3v) is 3.50. The molecule has 0 spiro atoms. The highest BCUT2D eigenvalue weighted by molar-refractivity contribution is 5.87. The number of carbonyl (C=O) groups is 1. The summed E-state index contributed by atoms with van der Waals surface area (Å²) in [5, 5.41) is 5.59. The van der Waals surface area contributed by atoms with Crippen molar-refractivity contribution in [1.29, 1.82) is 0 Å². The fourth-order valence-corrected chi connectivity index (χ4v) is 2.55. The Balaban J connectivity index is 1.88. The van der Waals surface area contributed by atoms with Gasteiger partial charge in [0, 0.05) is 18.5 Å². The quantitative estimate of drug-likeness (QED) is 0.754. The van der Waals surface area contributed by atoms with Crippen molar-refractivity contribution in [2.24, 2.45) is 0 Å². The molecule has 1 saturated heterocycles. The Hall–Kier alpha value is -2.10. The molecule has 2 aromatic rings. The molecule has 1 atom stereocenters. The van der Waals surface area contributed by atoms with E-state index in [1.807, 2.05) is 27.9 Å². The first kappa shape index (κ1) is 11.0. The normalized spacial score (nSPS) is 19.3. The van der Waals surface area contributed by atoms with Crippen molar-refractivity contribution in [3.8, 4) is 0 Å². The van der Waals surface area contributed by atoms with Crippen LogP contribution in [0.25, 0.3) is 10.9 Å². The summed E-state index contributed by atoms with van der Waals surface area (Å²) in [5.41, 5.74) is 1.13. The molecule has 0 saturated carbocycles. The molecular formula is C14H15N3O. The molecule has 0 aliphatic carbocycles. The van der Waals surface area contributed by atoms with Gasteiger partial charge in [0.15, 0.2) is 0 Å². The minimum atomic E-state index is 0.00830. The molecule has 0 unspecified atom stereocenters. The summed E-state index contributed by atoms with van der Waals surface area (Å²) in [6, 6.07) is 8.42. The van der Waals surface area contributed by atoms with Gasteiger partial charge in [-0.1, -0.05) is 24.8 Å². The summed E-state index contributed by atoms with van der Waals surface area (Å²) in [5.74, 6) is 0.00830. The van der Waals surface area contributed by atoms with Crippen LogP contribution in [0.3, 0.4) is 0 Å². The van der Waals surface area contributed by atoms with Crippen LogP contribution in [0.4, 0.5) is 0 Å². The van der Waals surface area contributed by atoms with E-state index in [4.69, 9.17) is 0 Å². The van der Waals surface area contributed by atoms with Gasteiger partial charge >= 0.3 is 0 Å². The summed E-state index contributed by atoms with van der Waals surface area (Å²) in [4.78, 5) is 13.4. The Bertz CT molecular complexity index is 602. The standard InChI is InChI=1S/C14H15N3O/c1-2-14(18)16-8-7-12(10-16)17-13-6-4-3-5-11(13)9-15-17/h2-6,9,12H,1,7-8,10H2/t12-/m1/s1. The van der Waals surface area contributed by atoms with Crippen LogP contribution in [0.5, 0.6) is 0 Å². The number of aromatic nitrogens is 2. The average Bonchev–Trinajstić information content (AvgIpc) is 3.03. The second kappa shape index (κ2) is 4.29. The lowest BCUT2D eigenvalue weighted by Crippen LogP contribution is -2.27. The number of benzene rings is 1. The molecule has 3 rings (SSSR count). The maximum absolute atomic E-state index is 11.6. The summed E-state index contributed by atoms with van der Waals surface area (Å²) < 4.78 is 2.03. The zero-order valence-electron chi connectivity index (χ0n) is 10.1. The van der Waals surface area contributed by atoms with E-state index in [1.54, 1.807) is 0 Å². The minimum absolute atomic E-state index is 0.00830. The van der Waals surface area contributed by atoms with Gasteiger partial charge in [0.05, 0.1) is 17.8 Å². The number of hydrogen-bond donors (Lipinski definition) is 0. The fraction of sp³-hybridized carbons (Fsp3) is 0.286. The number of para-hydroxylation sites is 1. The van der Waals surface area contributed by atoms with Gasteiger partial charge in [-0.05, 0) is 18.6 Å². The summed E-state index contributed by atoms with van der Waals surface area (Å²) in [6.07, 6.45) is 4.21. The van der Waals surface area contributed by atoms with Crippen molar-refractivity contribution in [3.05, 3.63) is 43.1 Å². The second-order valence-corrected chi connectivity index (χ2v) is 4.58. The van der Waals surface area contributed by atoms with E-state index >= 15 is 0 Å². The number of carbonyl (C=O) groups excluding carboxylic acids is 1. The maximum Gasteiger partial charge on any atom is 0.246 e. The van der Waals surface area contributed by atoms with Gasteiger partial charge < -0.3 is 4.90 Å². The highest BCUT2D eigenvalue weighted by Gasteiger charge is 2.27. The van der Waals surface area contributed by atoms with Gasteiger partial charge in [0.25, 0.3) is 0 Å². The van der Waals surface area contributed by atoms with Gasteiger partial charge in [-0.15, -0.1) is 0 Å². The predicted molar refractivity (Wildman–Crippen MR) is 70.2 cm³/mol. The first-order valence-corrected chi connectivity index (χ1v) is 6.13. The van der Waals surface area contributed by atoms with E-state index in [0.29, 0.717) is 0 Å². The number of fused-ring (bicyclic) bond motifs is 1. The fourth-order valence-electron chi connectivity index (χ4n) is 2.55. The Labute approximate surface area is 106 Å². The molecule has 18 heavy (non-hydrogen) atoms. The molecule has 1 amide bonds. The first-order valence-electron chi connectivity index (χ1n) is 6.13. The van der Waals surface area contributed by atoms with Crippen LogP contribution in [0, 0.1) is 0 Å². The highest BCUT2D eigenvalue weighted by atomic mass is 16.2. The van der Waals surface area contributed by atoms with Crippen LogP contribution >= 0.6 is 0 Å². The Morgan fingerprint density at radius 3 is 3.11 bits per heavy atom. The molecular weight excluding hydrogens is 226 g/mol. The molecule has 1 aromatic heterocycles. The van der Waals surface area contributed by atoms with E-state index in [0.717, 1.165) is 30.4 Å². The maximum atomic E-state index is 11.6. The van der Waals surface area contributed by atoms with Crippen molar-refractivity contribution in [2.45, 2.75) is 12.5 Å². The van der Waals surface area contributed by atoms with Gasteiger partial charge in [0.1, 0.15) is 0 Å². The monoisotopic (exact) mass is 241 g/mol. The molecule has 1 aliphatic heterocycles. The minimum Gasteiger partial charge on any atom is -0.337 e. The summed E-state index contributed by atoms with van der Waals surface area (Å²) >= 11 is 0. The average molecular weight is 241 g/mol. The van der Waals surface area contributed by atoms with Gasteiger partial charge in [0.2, 0.25) is 5.91 Å². The second-order valence-electron chi connectivity index (χ2n) is 4.58. The van der Waals surface area contributed by atoms with Gasteiger partial charge in [-0.25, -0.2) is 0 Å². The van der Waals surface area contributed by atoms with Crippen LogP contribution in [0.15, 0.2) is 43.1 Å². The third kappa shape index (κ3) is 1.70. The van der Waals surface area contributed by atoms with Crippen LogP contribution in [-0.2, 0) is 4.79 Å². The number of amides is 1. The van der Waals surface area contributed by atoms with Crippen molar-refractivity contribution in [3.63, 3.8) is 0 Å². The number of likely N-dealkylation sites (tertiary alicyclic amines) is 1. The molecule has 1 aromatic carbocycles. The lowest BCUT2D eigenvalue weighted by atomic mass is 10.2. The largest absolute Gasteiger partial charge is 0.337 e. The molecule has 0 N–H and O–H groups in total. The SMILES string of the molecule is C=CC(=O)N1CC[C@@H](n2ncc3ccccc32)C1. The van der Waals surface area contributed by atoms with Crippen molar-refractivity contribution < 1.29 is 4.79 Å². The molecule has 0 bridgehead atoms. The van der Waals surface area contributed by atoms with E-state index in [-0.39, 0.29) is 11.9 Å². The third-order valence-electron chi connectivity index (χ3n) is 3.50. The highest BCUT2D eigenvalue weighted by Crippen LogP contribution is 2.25. The van der Waals surface area contributed by atoms with E-state index in [9.17, 15) is 4.79 Å². The van der Waals surface area contributed by atoms with Crippen LogP contribution in [0.2, 0.25) is 0 Å². The molecule has 4 heteroatoms. The van der Waals surface area contributed by atoms with E-state index in [1.165, 1.54) is 6.08 Å². The molecule has 2 heterocycles. The molecule has 1 aliphatic rings. The predicted octanol–water partition coefficient (Wildman–Crippen LogP) is 2.00. The lowest BCUT2D eigenvalue weighted by Gasteiger charge is -2.15. The Kier molecular flexibility index (Phi) is 2.63. The summed E-state index contributed by atoms with van der Waals surface area (Å²) in [6.45, 7) is 5.03.